The average Bonchev–Trinajstić information content (AvgIpc) is 2.37. The van der Waals surface area contributed by atoms with Crippen LogP contribution in [0.25, 0.3) is 0 Å². The van der Waals surface area contributed by atoms with Gasteiger partial charge in [0.15, 0.2) is 0 Å². The Balaban J connectivity index is 2.01. The molecule has 19 heavy (non-hydrogen) atoms. The molecule has 0 bridgehead atoms. The zero-order valence-electron chi connectivity index (χ0n) is 12.0. The summed E-state index contributed by atoms with van der Waals surface area (Å²) in [5, 5.41) is 0. The summed E-state index contributed by atoms with van der Waals surface area (Å²) in [4.78, 5) is 2.31. The fraction of sp³-hybridized carbons (Fsp3) is 0.294. The van der Waals surface area contributed by atoms with Gasteiger partial charge >= 0.3 is 0 Å². The van der Waals surface area contributed by atoms with Crippen molar-refractivity contribution in [3.05, 3.63) is 59.2 Å². The molecule has 0 saturated carbocycles. The summed E-state index contributed by atoms with van der Waals surface area (Å²) >= 11 is 0. The van der Waals surface area contributed by atoms with Gasteiger partial charge in [0.2, 0.25) is 0 Å². The summed E-state index contributed by atoms with van der Waals surface area (Å²) in [6.07, 6.45) is 1.03. The number of benzene rings is 2. The number of aryl methyl sites for hydroxylation is 2. The van der Waals surface area contributed by atoms with Gasteiger partial charge in [0, 0.05) is 25.0 Å². The van der Waals surface area contributed by atoms with Crippen LogP contribution in [0.2, 0.25) is 0 Å². The van der Waals surface area contributed by atoms with Crippen molar-refractivity contribution in [1.82, 2.24) is 0 Å². The summed E-state index contributed by atoms with van der Waals surface area (Å²) in [7, 11) is 2.15. The number of likely N-dealkylation sites (N-methyl/N-ethyl adjacent to an activating group) is 1. The molecule has 0 fully saturated rings. The fourth-order valence-electron chi connectivity index (χ4n) is 2.34. The van der Waals surface area contributed by atoms with Crippen LogP contribution in [-0.4, -0.2) is 13.6 Å². The van der Waals surface area contributed by atoms with Crippen molar-refractivity contribution in [2.45, 2.75) is 20.3 Å². The van der Waals surface area contributed by atoms with Crippen molar-refractivity contribution < 1.29 is 0 Å². The van der Waals surface area contributed by atoms with Gasteiger partial charge in [-0.3, -0.25) is 0 Å². The van der Waals surface area contributed by atoms with Crippen LogP contribution in [0, 0.1) is 13.8 Å². The van der Waals surface area contributed by atoms with Crippen molar-refractivity contribution in [2.24, 2.45) is 0 Å². The molecule has 0 unspecified atom stereocenters. The van der Waals surface area contributed by atoms with E-state index in [1.54, 1.807) is 0 Å². The van der Waals surface area contributed by atoms with Gasteiger partial charge in [-0.1, -0.05) is 29.8 Å². The summed E-state index contributed by atoms with van der Waals surface area (Å²) in [6, 6.07) is 14.7. The second-order valence-corrected chi connectivity index (χ2v) is 5.20. The molecular weight excluding hydrogens is 232 g/mol. The van der Waals surface area contributed by atoms with Gasteiger partial charge in [-0.05, 0) is 49.6 Å². The third kappa shape index (κ3) is 3.50. The minimum atomic E-state index is 0.825. The van der Waals surface area contributed by atoms with E-state index in [2.05, 4.69) is 56.1 Å². The molecule has 0 amide bonds. The van der Waals surface area contributed by atoms with Crippen molar-refractivity contribution in [1.29, 1.82) is 0 Å². The fourth-order valence-corrected chi connectivity index (χ4v) is 2.34. The molecule has 2 heteroatoms. The van der Waals surface area contributed by atoms with Crippen LogP contribution >= 0.6 is 0 Å². The van der Waals surface area contributed by atoms with E-state index < -0.39 is 0 Å². The monoisotopic (exact) mass is 254 g/mol. The predicted molar refractivity (Wildman–Crippen MR) is 83.7 cm³/mol. The molecule has 0 aliphatic rings. The minimum Gasteiger partial charge on any atom is -0.399 e. The van der Waals surface area contributed by atoms with Crippen molar-refractivity contribution >= 4 is 11.4 Å². The molecule has 0 aliphatic carbocycles. The van der Waals surface area contributed by atoms with Crippen molar-refractivity contribution in [3.8, 4) is 0 Å². The number of nitrogens with zero attached hydrogens (tertiary/aromatic N) is 1. The highest BCUT2D eigenvalue weighted by Gasteiger charge is 2.04. The van der Waals surface area contributed by atoms with E-state index in [-0.39, 0.29) is 0 Å². The molecule has 0 saturated heterocycles. The van der Waals surface area contributed by atoms with E-state index in [1.807, 2.05) is 12.1 Å². The third-order valence-corrected chi connectivity index (χ3v) is 3.48. The lowest BCUT2D eigenvalue weighted by Gasteiger charge is -2.22. The molecule has 2 nitrogen and oxygen atoms in total. The summed E-state index contributed by atoms with van der Waals surface area (Å²) in [6.45, 7) is 5.31. The maximum atomic E-state index is 5.70. The van der Waals surface area contributed by atoms with E-state index in [4.69, 9.17) is 5.73 Å². The molecule has 0 atom stereocenters. The van der Waals surface area contributed by atoms with Crippen molar-refractivity contribution in [2.75, 3.05) is 24.2 Å². The average molecular weight is 254 g/mol. The molecule has 0 radical (unpaired) electrons. The molecule has 0 spiro atoms. The first-order chi connectivity index (χ1) is 9.06. The van der Waals surface area contributed by atoms with E-state index in [1.165, 1.54) is 22.4 Å². The van der Waals surface area contributed by atoms with Gasteiger partial charge in [0.1, 0.15) is 0 Å². The number of nitrogens with two attached hydrogens (primary N) is 1. The Morgan fingerprint density at radius 3 is 2.32 bits per heavy atom. The van der Waals surface area contributed by atoms with Crippen LogP contribution in [0.15, 0.2) is 42.5 Å². The van der Waals surface area contributed by atoms with Gasteiger partial charge < -0.3 is 10.6 Å². The minimum absolute atomic E-state index is 0.825. The Morgan fingerprint density at radius 2 is 1.68 bits per heavy atom. The first kappa shape index (κ1) is 13.5. The lowest BCUT2D eigenvalue weighted by atomic mass is 10.1. The van der Waals surface area contributed by atoms with E-state index in [0.717, 1.165) is 18.7 Å². The molecule has 0 aromatic heterocycles. The molecular formula is C17H22N2. The Labute approximate surface area is 115 Å². The first-order valence-electron chi connectivity index (χ1n) is 6.69. The van der Waals surface area contributed by atoms with E-state index >= 15 is 0 Å². The Morgan fingerprint density at radius 1 is 1.00 bits per heavy atom. The highest BCUT2D eigenvalue weighted by Crippen LogP contribution is 2.20. The van der Waals surface area contributed by atoms with E-state index in [0.29, 0.717) is 0 Å². The van der Waals surface area contributed by atoms with Gasteiger partial charge in [-0.2, -0.15) is 0 Å². The number of rotatable bonds is 4. The van der Waals surface area contributed by atoms with Gasteiger partial charge in [0.05, 0.1) is 0 Å². The number of anilines is 2. The highest BCUT2D eigenvalue weighted by atomic mass is 15.1. The van der Waals surface area contributed by atoms with Gasteiger partial charge in [-0.15, -0.1) is 0 Å². The third-order valence-electron chi connectivity index (χ3n) is 3.48. The smallest absolute Gasteiger partial charge is 0.0393 e. The van der Waals surface area contributed by atoms with Crippen LogP contribution in [0.3, 0.4) is 0 Å². The summed E-state index contributed by atoms with van der Waals surface area (Å²) in [5.74, 6) is 0. The van der Waals surface area contributed by atoms with Crippen LogP contribution in [0.4, 0.5) is 11.4 Å². The summed E-state index contributed by atoms with van der Waals surface area (Å²) < 4.78 is 0. The second-order valence-electron chi connectivity index (χ2n) is 5.20. The first-order valence-corrected chi connectivity index (χ1v) is 6.69. The van der Waals surface area contributed by atoms with Gasteiger partial charge in [-0.25, -0.2) is 0 Å². The van der Waals surface area contributed by atoms with Gasteiger partial charge in [0.25, 0.3) is 0 Å². The maximum absolute atomic E-state index is 5.70. The largest absolute Gasteiger partial charge is 0.399 e. The molecule has 100 valence electrons. The van der Waals surface area contributed by atoms with E-state index in [9.17, 15) is 0 Å². The number of hydrogen-bond acceptors (Lipinski definition) is 2. The highest BCUT2D eigenvalue weighted by molar-refractivity contribution is 5.53. The van der Waals surface area contributed by atoms with Crippen LogP contribution < -0.4 is 10.6 Å². The molecule has 2 N–H and O–H groups in total. The Kier molecular flexibility index (Phi) is 4.10. The lowest BCUT2D eigenvalue weighted by Crippen LogP contribution is -2.21. The number of hydrogen-bond donors (Lipinski definition) is 1. The SMILES string of the molecule is Cc1ccc(N(C)CCc2ccc(N)cc2)c(C)c1. The topological polar surface area (TPSA) is 29.3 Å². The molecule has 2 aromatic rings. The molecule has 2 rings (SSSR count). The van der Waals surface area contributed by atoms with Crippen LogP contribution in [-0.2, 0) is 6.42 Å². The maximum Gasteiger partial charge on any atom is 0.0393 e. The number of nitrogen functional groups attached to an aromatic ring is 1. The molecule has 0 aliphatic heterocycles. The molecule has 2 aromatic carbocycles. The normalized spacial score (nSPS) is 10.5. The second kappa shape index (κ2) is 5.79. The Bertz CT molecular complexity index is 544. The Hall–Kier alpha value is -1.96. The predicted octanol–water partition coefficient (Wildman–Crippen LogP) is 3.56. The summed E-state index contributed by atoms with van der Waals surface area (Å²) in [5.41, 5.74) is 11.8. The zero-order chi connectivity index (χ0) is 13.8. The quantitative estimate of drug-likeness (QED) is 0.845. The van der Waals surface area contributed by atoms with Crippen molar-refractivity contribution in [3.63, 3.8) is 0 Å². The lowest BCUT2D eigenvalue weighted by molar-refractivity contribution is 0.873. The zero-order valence-corrected chi connectivity index (χ0v) is 12.0. The van der Waals surface area contributed by atoms with Crippen LogP contribution in [0.1, 0.15) is 16.7 Å². The standard InChI is InChI=1S/C17H22N2/c1-13-4-9-17(14(2)12-13)19(3)11-10-15-5-7-16(18)8-6-15/h4-9,12H,10-11,18H2,1-3H3. The molecule has 0 heterocycles. The van der Waals surface area contributed by atoms with Crippen LogP contribution in [0.5, 0.6) is 0 Å².